The van der Waals surface area contributed by atoms with Gasteiger partial charge in [-0.1, -0.05) is 48.8 Å². The predicted molar refractivity (Wildman–Crippen MR) is 88.4 cm³/mol. The van der Waals surface area contributed by atoms with Gasteiger partial charge in [0, 0.05) is 21.7 Å². The van der Waals surface area contributed by atoms with E-state index in [1.807, 2.05) is 25.1 Å². The number of rotatable bonds is 3. The molecule has 1 aromatic carbocycles. The van der Waals surface area contributed by atoms with Gasteiger partial charge in [0.25, 0.3) is 0 Å². The lowest BCUT2D eigenvalue weighted by atomic mass is 9.93. The van der Waals surface area contributed by atoms with Crippen molar-refractivity contribution in [3.05, 3.63) is 49.9 Å². The Hall–Kier alpha value is -0.710. The number of benzene rings is 1. The molecule has 0 aliphatic heterocycles. The number of thiazole rings is 1. The van der Waals surface area contributed by atoms with Gasteiger partial charge in [-0.3, -0.25) is 0 Å². The zero-order valence-electron chi connectivity index (χ0n) is 12.3. The molecule has 2 nitrogen and oxygen atoms in total. The van der Waals surface area contributed by atoms with Crippen LogP contribution in [0, 0.1) is 6.92 Å². The Morgan fingerprint density at radius 3 is 2.60 bits per heavy atom. The summed E-state index contributed by atoms with van der Waals surface area (Å²) in [6.07, 6.45) is 0.0338. The zero-order valence-corrected chi connectivity index (χ0v) is 14.7. The van der Waals surface area contributed by atoms with E-state index >= 15 is 0 Å². The molecule has 0 radical (unpaired) electrons. The van der Waals surface area contributed by atoms with E-state index in [9.17, 15) is 5.11 Å². The molecule has 0 fully saturated rings. The van der Waals surface area contributed by atoms with E-state index in [1.165, 1.54) is 5.56 Å². The molecule has 20 heavy (non-hydrogen) atoms. The SMILES string of the molecule is Cc1ccc(C(O)Cc2nc(C(C)(C)C)cs2)c(Br)c1. The van der Waals surface area contributed by atoms with Crippen LogP contribution >= 0.6 is 27.3 Å². The first-order chi connectivity index (χ1) is 9.27. The van der Waals surface area contributed by atoms with Crippen molar-refractivity contribution in [1.82, 2.24) is 4.98 Å². The first-order valence-electron chi connectivity index (χ1n) is 6.66. The monoisotopic (exact) mass is 353 g/mol. The molecule has 1 atom stereocenters. The van der Waals surface area contributed by atoms with Gasteiger partial charge in [-0.25, -0.2) is 4.98 Å². The van der Waals surface area contributed by atoms with Gasteiger partial charge in [0.05, 0.1) is 16.8 Å². The van der Waals surface area contributed by atoms with Crippen LogP contribution in [0.1, 0.15) is 48.7 Å². The summed E-state index contributed by atoms with van der Waals surface area (Å²) in [6.45, 7) is 8.49. The Bertz CT molecular complexity index is 601. The Balaban J connectivity index is 2.15. The predicted octanol–water partition coefficient (Wildman–Crippen LogP) is 4.79. The molecule has 108 valence electrons. The highest BCUT2D eigenvalue weighted by molar-refractivity contribution is 9.10. The molecular weight excluding hydrogens is 334 g/mol. The molecule has 1 aromatic heterocycles. The molecule has 0 spiro atoms. The van der Waals surface area contributed by atoms with E-state index in [2.05, 4.69) is 47.1 Å². The molecule has 0 bridgehead atoms. The molecule has 0 aliphatic rings. The van der Waals surface area contributed by atoms with Crippen molar-refractivity contribution in [3.8, 4) is 0 Å². The summed E-state index contributed by atoms with van der Waals surface area (Å²) in [6, 6.07) is 6.02. The summed E-state index contributed by atoms with van der Waals surface area (Å²) >= 11 is 5.14. The van der Waals surface area contributed by atoms with Crippen molar-refractivity contribution in [2.45, 2.75) is 45.6 Å². The molecule has 1 unspecified atom stereocenters. The van der Waals surface area contributed by atoms with E-state index in [4.69, 9.17) is 0 Å². The lowest BCUT2D eigenvalue weighted by Gasteiger charge is -2.15. The van der Waals surface area contributed by atoms with Gasteiger partial charge in [0.15, 0.2) is 0 Å². The van der Waals surface area contributed by atoms with Gasteiger partial charge in [-0.2, -0.15) is 0 Å². The van der Waals surface area contributed by atoms with Crippen molar-refractivity contribution in [2.75, 3.05) is 0 Å². The lowest BCUT2D eigenvalue weighted by molar-refractivity contribution is 0.177. The highest BCUT2D eigenvalue weighted by atomic mass is 79.9. The Morgan fingerprint density at radius 1 is 1.35 bits per heavy atom. The summed E-state index contributed by atoms with van der Waals surface area (Å²) in [5.74, 6) is 0. The summed E-state index contributed by atoms with van der Waals surface area (Å²) in [4.78, 5) is 4.64. The van der Waals surface area contributed by atoms with E-state index < -0.39 is 6.10 Å². The molecule has 0 saturated carbocycles. The Labute approximate surface area is 133 Å². The van der Waals surface area contributed by atoms with Crippen LogP contribution in [0.5, 0.6) is 0 Å². The molecule has 1 N–H and O–H groups in total. The number of aliphatic hydroxyl groups is 1. The Kier molecular flexibility index (Phi) is 4.67. The molecular formula is C16H20BrNOS. The maximum atomic E-state index is 10.4. The maximum absolute atomic E-state index is 10.4. The fraction of sp³-hybridized carbons (Fsp3) is 0.438. The van der Waals surface area contributed by atoms with Crippen LogP contribution in [-0.2, 0) is 11.8 Å². The molecule has 0 amide bonds. The summed E-state index contributed by atoms with van der Waals surface area (Å²) in [5.41, 5.74) is 3.25. The van der Waals surface area contributed by atoms with E-state index in [0.29, 0.717) is 6.42 Å². The van der Waals surface area contributed by atoms with E-state index in [0.717, 1.165) is 20.7 Å². The van der Waals surface area contributed by atoms with Crippen LogP contribution in [0.25, 0.3) is 0 Å². The van der Waals surface area contributed by atoms with Crippen LogP contribution in [-0.4, -0.2) is 10.1 Å². The third-order valence-corrected chi connectivity index (χ3v) is 4.76. The van der Waals surface area contributed by atoms with Gasteiger partial charge in [-0.15, -0.1) is 11.3 Å². The van der Waals surface area contributed by atoms with E-state index in [1.54, 1.807) is 11.3 Å². The second-order valence-electron chi connectivity index (χ2n) is 6.12. The quantitative estimate of drug-likeness (QED) is 0.860. The van der Waals surface area contributed by atoms with E-state index in [-0.39, 0.29) is 5.41 Å². The third-order valence-electron chi connectivity index (χ3n) is 3.20. The van der Waals surface area contributed by atoms with Crippen LogP contribution in [0.15, 0.2) is 28.1 Å². The maximum Gasteiger partial charge on any atom is 0.0957 e. The van der Waals surface area contributed by atoms with Crippen molar-refractivity contribution in [3.63, 3.8) is 0 Å². The first-order valence-corrected chi connectivity index (χ1v) is 8.33. The second-order valence-corrected chi connectivity index (χ2v) is 7.92. The highest BCUT2D eigenvalue weighted by Crippen LogP contribution is 2.29. The van der Waals surface area contributed by atoms with Crippen LogP contribution in [0.2, 0.25) is 0 Å². The number of hydrogen-bond donors (Lipinski definition) is 1. The smallest absolute Gasteiger partial charge is 0.0957 e. The van der Waals surface area contributed by atoms with Crippen molar-refractivity contribution < 1.29 is 5.11 Å². The minimum atomic E-state index is -0.524. The van der Waals surface area contributed by atoms with Crippen LogP contribution < -0.4 is 0 Å². The average Bonchev–Trinajstić information content (AvgIpc) is 2.76. The van der Waals surface area contributed by atoms with Gasteiger partial charge in [0.2, 0.25) is 0 Å². The number of aliphatic hydroxyl groups excluding tert-OH is 1. The number of nitrogens with zero attached hydrogens (tertiary/aromatic N) is 1. The van der Waals surface area contributed by atoms with Crippen molar-refractivity contribution in [1.29, 1.82) is 0 Å². The number of aromatic nitrogens is 1. The fourth-order valence-electron chi connectivity index (χ4n) is 1.93. The summed E-state index contributed by atoms with van der Waals surface area (Å²) in [5, 5.41) is 13.5. The molecule has 2 aromatic rings. The summed E-state index contributed by atoms with van der Waals surface area (Å²) in [7, 11) is 0. The van der Waals surface area contributed by atoms with Crippen LogP contribution in [0.4, 0.5) is 0 Å². The van der Waals surface area contributed by atoms with Gasteiger partial charge in [0.1, 0.15) is 0 Å². The molecule has 0 saturated heterocycles. The standard InChI is InChI=1S/C16H20BrNOS/c1-10-5-6-11(12(17)7-10)13(19)8-15-18-14(9-20-15)16(2,3)4/h5-7,9,13,19H,8H2,1-4H3. The highest BCUT2D eigenvalue weighted by Gasteiger charge is 2.19. The van der Waals surface area contributed by atoms with Crippen molar-refractivity contribution in [2.24, 2.45) is 0 Å². The zero-order chi connectivity index (χ0) is 14.9. The fourth-order valence-corrected chi connectivity index (χ4v) is 3.74. The Morgan fingerprint density at radius 2 is 2.05 bits per heavy atom. The minimum Gasteiger partial charge on any atom is -0.388 e. The molecule has 2 rings (SSSR count). The molecule has 1 heterocycles. The normalized spacial score (nSPS) is 13.5. The molecule has 4 heteroatoms. The largest absolute Gasteiger partial charge is 0.388 e. The topological polar surface area (TPSA) is 33.1 Å². The lowest BCUT2D eigenvalue weighted by Crippen LogP contribution is -2.12. The second kappa shape index (κ2) is 5.96. The summed E-state index contributed by atoms with van der Waals surface area (Å²) < 4.78 is 0.956. The third kappa shape index (κ3) is 3.68. The van der Waals surface area contributed by atoms with Gasteiger partial charge < -0.3 is 5.11 Å². The van der Waals surface area contributed by atoms with Gasteiger partial charge >= 0.3 is 0 Å². The molecule has 0 aliphatic carbocycles. The van der Waals surface area contributed by atoms with Crippen molar-refractivity contribution >= 4 is 27.3 Å². The number of halogens is 1. The average molecular weight is 354 g/mol. The van der Waals surface area contributed by atoms with Crippen LogP contribution in [0.3, 0.4) is 0 Å². The number of aryl methyl sites for hydroxylation is 1. The first kappa shape index (κ1) is 15.7. The van der Waals surface area contributed by atoms with Gasteiger partial charge in [-0.05, 0) is 24.1 Å². The minimum absolute atomic E-state index is 0.0597. The number of hydrogen-bond acceptors (Lipinski definition) is 3.